The summed E-state index contributed by atoms with van der Waals surface area (Å²) in [6.45, 7) is 0.655. The van der Waals surface area contributed by atoms with Crippen molar-refractivity contribution in [3.8, 4) is 0 Å². The van der Waals surface area contributed by atoms with Crippen LogP contribution in [0.4, 0.5) is 0 Å². The Hall–Kier alpha value is -2.04. The zero-order valence-corrected chi connectivity index (χ0v) is 9.41. The minimum absolute atomic E-state index is 0.655. The van der Waals surface area contributed by atoms with E-state index in [1.807, 2.05) is 25.4 Å². The molecule has 2 aromatic heterocycles. The van der Waals surface area contributed by atoms with Crippen LogP contribution in [-0.4, -0.2) is 30.0 Å². The van der Waals surface area contributed by atoms with Gasteiger partial charge in [0.2, 0.25) is 0 Å². The first-order chi connectivity index (χ1) is 7.83. The van der Waals surface area contributed by atoms with Gasteiger partial charge >= 0.3 is 0 Å². The maximum absolute atomic E-state index is 4.47. The Morgan fingerprint density at radius 1 is 1.44 bits per heavy atom. The lowest BCUT2D eigenvalue weighted by Gasteiger charge is -2.07. The number of nitrogens with zero attached hydrogens (tertiary/aromatic N) is 2. The van der Waals surface area contributed by atoms with Crippen molar-refractivity contribution in [1.82, 2.24) is 20.6 Å². The minimum Gasteiger partial charge on any atom is -0.359 e. The highest BCUT2D eigenvalue weighted by Gasteiger charge is 1.99. The van der Waals surface area contributed by atoms with Gasteiger partial charge < -0.3 is 15.6 Å². The van der Waals surface area contributed by atoms with E-state index in [0.29, 0.717) is 6.54 Å². The van der Waals surface area contributed by atoms with E-state index in [1.54, 1.807) is 7.05 Å². The molecule has 3 N–H and O–H groups in total. The van der Waals surface area contributed by atoms with Gasteiger partial charge in [0.15, 0.2) is 5.96 Å². The number of rotatable bonds is 2. The van der Waals surface area contributed by atoms with Crippen molar-refractivity contribution in [2.45, 2.75) is 6.54 Å². The molecule has 0 saturated carbocycles. The van der Waals surface area contributed by atoms with E-state index in [0.717, 1.165) is 22.7 Å². The molecule has 2 rings (SSSR count). The van der Waals surface area contributed by atoms with Crippen LogP contribution >= 0.6 is 0 Å². The highest BCUT2D eigenvalue weighted by molar-refractivity contribution is 5.79. The molecule has 0 bridgehead atoms. The van der Waals surface area contributed by atoms with Crippen LogP contribution in [0.3, 0.4) is 0 Å². The van der Waals surface area contributed by atoms with Gasteiger partial charge in [0.1, 0.15) is 5.65 Å². The quantitative estimate of drug-likeness (QED) is 0.516. The fourth-order valence-electron chi connectivity index (χ4n) is 1.52. The zero-order chi connectivity index (χ0) is 11.4. The SMILES string of the molecule is CN=C(NC)NCc1ccc2cc[nH]c2n1. The van der Waals surface area contributed by atoms with Crippen LogP contribution in [0, 0.1) is 0 Å². The van der Waals surface area contributed by atoms with Gasteiger partial charge in [-0.25, -0.2) is 4.98 Å². The topological polar surface area (TPSA) is 65.1 Å². The average Bonchev–Trinajstić information content (AvgIpc) is 2.77. The summed E-state index contributed by atoms with van der Waals surface area (Å²) in [6.07, 6.45) is 1.89. The second-order valence-corrected chi connectivity index (χ2v) is 3.39. The Balaban J connectivity index is 2.09. The zero-order valence-electron chi connectivity index (χ0n) is 9.41. The summed E-state index contributed by atoms with van der Waals surface area (Å²) in [5.74, 6) is 0.758. The highest BCUT2D eigenvalue weighted by Crippen LogP contribution is 2.09. The molecular formula is C11H15N5. The van der Waals surface area contributed by atoms with Crippen LogP contribution in [0.1, 0.15) is 5.69 Å². The van der Waals surface area contributed by atoms with Crippen molar-refractivity contribution < 1.29 is 0 Å². The molecule has 0 aliphatic carbocycles. The number of fused-ring (bicyclic) bond motifs is 1. The number of aliphatic imine (C=N–C) groups is 1. The number of pyridine rings is 1. The van der Waals surface area contributed by atoms with Crippen molar-refractivity contribution in [2.75, 3.05) is 14.1 Å². The number of hydrogen-bond acceptors (Lipinski definition) is 2. The fraction of sp³-hybridized carbons (Fsp3) is 0.273. The molecule has 0 saturated heterocycles. The lowest BCUT2D eigenvalue weighted by Crippen LogP contribution is -2.34. The van der Waals surface area contributed by atoms with Gasteiger partial charge in [0.05, 0.1) is 12.2 Å². The summed E-state index contributed by atoms with van der Waals surface area (Å²) in [6, 6.07) is 6.07. The van der Waals surface area contributed by atoms with Crippen LogP contribution in [0.2, 0.25) is 0 Å². The van der Waals surface area contributed by atoms with Crippen molar-refractivity contribution >= 4 is 17.0 Å². The Bertz CT molecular complexity index is 500. The Labute approximate surface area is 94.0 Å². The minimum atomic E-state index is 0.655. The highest BCUT2D eigenvalue weighted by atomic mass is 15.2. The van der Waals surface area contributed by atoms with Gasteiger partial charge in [0, 0.05) is 25.7 Å². The maximum Gasteiger partial charge on any atom is 0.191 e. The fourth-order valence-corrected chi connectivity index (χ4v) is 1.52. The molecule has 0 atom stereocenters. The number of H-pyrrole nitrogens is 1. The summed E-state index contributed by atoms with van der Waals surface area (Å²) >= 11 is 0. The molecule has 16 heavy (non-hydrogen) atoms. The predicted octanol–water partition coefficient (Wildman–Crippen LogP) is 0.858. The third kappa shape index (κ3) is 2.13. The molecule has 2 aromatic rings. The van der Waals surface area contributed by atoms with Crippen molar-refractivity contribution in [2.24, 2.45) is 4.99 Å². The van der Waals surface area contributed by atoms with Crippen LogP contribution in [0.5, 0.6) is 0 Å². The number of guanidine groups is 1. The lowest BCUT2D eigenvalue weighted by molar-refractivity contribution is 0.841. The summed E-state index contributed by atoms with van der Waals surface area (Å²) in [5, 5.41) is 7.24. The smallest absolute Gasteiger partial charge is 0.191 e. The van der Waals surface area contributed by atoms with Crippen LogP contribution < -0.4 is 10.6 Å². The first-order valence-electron chi connectivity index (χ1n) is 5.15. The van der Waals surface area contributed by atoms with E-state index in [4.69, 9.17) is 0 Å². The Morgan fingerprint density at radius 3 is 3.06 bits per heavy atom. The van der Waals surface area contributed by atoms with Gasteiger partial charge in [-0.1, -0.05) is 0 Å². The molecule has 0 radical (unpaired) electrons. The third-order valence-electron chi connectivity index (χ3n) is 2.36. The first kappa shape index (κ1) is 10.5. The van der Waals surface area contributed by atoms with Gasteiger partial charge in [0.25, 0.3) is 0 Å². The molecule has 0 amide bonds. The molecule has 5 heteroatoms. The molecule has 84 valence electrons. The molecule has 2 heterocycles. The van der Waals surface area contributed by atoms with E-state index >= 15 is 0 Å². The maximum atomic E-state index is 4.47. The monoisotopic (exact) mass is 217 g/mol. The summed E-state index contributed by atoms with van der Waals surface area (Å²) < 4.78 is 0. The van der Waals surface area contributed by atoms with Crippen molar-refractivity contribution in [3.05, 3.63) is 30.1 Å². The largest absolute Gasteiger partial charge is 0.359 e. The van der Waals surface area contributed by atoms with Crippen molar-refractivity contribution in [1.29, 1.82) is 0 Å². The number of aromatic amines is 1. The van der Waals surface area contributed by atoms with E-state index in [2.05, 4.69) is 31.7 Å². The van der Waals surface area contributed by atoms with Gasteiger partial charge in [-0.2, -0.15) is 0 Å². The average molecular weight is 217 g/mol. The summed E-state index contributed by atoms with van der Waals surface area (Å²) in [4.78, 5) is 11.6. The van der Waals surface area contributed by atoms with Crippen LogP contribution in [0.25, 0.3) is 11.0 Å². The molecule has 0 unspecified atom stereocenters. The van der Waals surface area contributed by atoms with E-state index in [1.165, 1.54) is 0 Å². The second kappa shape index (κ2) is 4.65. The summed E-state index contributed by atoms with van der Waals surface area (Å²) in [7, 11) is 3.57. The second-order valence-electron chi connectivity index (χ2n) is 3.39. The van der Waals surface area contributed by atoms with Gasteiger partial charge in [-0.3, -0.25) is 4.99 Å². The molecule has 0 fully saturated rings. The van der Waals surface area contributed by atoms with Crippen molar-refractivity contribution in [3.63, 3.8) is 0 Å². The molecule has 0 spiro atoms. The van der Waals surface area contributed by atoms with Gasteiger partial charge in [-0.05, 0) is 18.2 Å². The third-order valence-corrected chi connectivity index (χ3v) is 2.36. The summed E-state index contributed by atoms with van der Waals surface area (Å²) in [5.41, 5.74) is 1.89. The number of aromatic nitrogens is 2. The lowest BCUT2D eigenvalue weighted by atomic mass is 10.3. The normalized spacial score (nSPS) is 11.8. The molecule has 5 nitrogen and oxygen atoms in total. The van der Waals surface area contributed by atoms with Gasteiger partial charge in [-0.15, -0.1) is 0 Å². The Morgan fingerprint density at radius 2 is 2.31 bits per heavy atom. The molecule has 0 aromatic carbocycles. The Kier molecular flexibility index (Phi) is 3.05. The molecule has 0 aliphatic heterocycles. The van der Waals surface area contributed by atoms with Crippen LogP contribution in [0.15, 0.2) is 29.4 Å². The number of hydrogen-bond donors (Lipinski definition) is 3. The molecular weight excluding hydrogens is 202 g/mol. The first-order valence-corrected chi connectivity index (χ1v) is 5.15. The molecule has 0 aliphatic rings. The number of nitrogens with one attached hydrogen (secondary N) is 3. The standard InChI is InChI=1S/C11H15N5/c1-12-11(13-2)15-7-9-4-3-8-5-6-14-10(8)16-9/h3-6H,7H2,1-2H3,(H,14,16)(H2,12,13,15). The van der Waals surface area contributed by atoms with Crippen LogP contribution in [-0.2, 0) is 6.54 Å². The van der Waals surface area contributed by atoms with E-state index < -0.39 is 0 Å². The van der Waals surface area contributed by atoms with E-state index in [9.17, 15) is 0 Å². The van der Waals surface area contributed by atoms with E-state index in [-0.39, 0.29) is 0 Å². The predicted molar refractivity (Wildman–Crippen MR) is 65.4 cm³/mol.